The molecule has 3 aromatic rings. The Morgan fingerprint density at radius 3 is 2.81 bits per heavy atom. The lowest BCUT2D eigenvalue weighted by Crippen LogP contribution is -2.08. The maximum Gasteiger partial charge on any atom is 0.339 e. The van der Waals surface area contributed by atoms with Gasteiger partial charge in [-0.05, 0) is 24.0 Å². The van der Waals surface area contributed by atoms with Gasteiger partial charge in [0.05, 0.1) is 23.0 Å². The van der Waals surface area contributed by atoms with E-state index < -0.39 is 5.97 Å². The average Bonchev–Trinajstić information content (AvgIpc) is 2.91. The van der Waals surface area contributed by atoms with Gasteiger partial charge in [0.1, 0.15) is 0 Å². The summed E-state index contributed by atoms with van der Waals surface area (Å²) >= 11 is 1.53. The van der Waals surface area contributed by atoms with E-state index in [0.717, 1.165) is 21.6 Å². The van der Waals surface area contributed by atoms with Crippen LogP contribution in [0.1, 0.15) is 17.3 Å². The molecule has 5 heteroatoms. The van der Waals surface area contributed by atoms with Crippen LogP contribution in [0.25, 0.3) is 16.6 Å². The molecule has 1 aromatic heterocycles. The molecule has 0 unspecified atom stereocenters. The fourth-order valence-corrected chi connectivity index (χ4v) is 3.17. The van der Waals surface area contributed by atoms with E-state index in [9.17, 15) is 9.90 Å². The highest BCUT2D eigenvalue weighted by molar-refractivity contribution is 7.99. The van der Waals surface area contributed by atoms with Crippen LogP contribution in [-0.4, -0.2) is 26.6 Å². The highest BCUT2D eigenvalue weighted by atomic mass is 32.2. The zero-order valence-corrected chi connectivity index (χ0v) is 12.3. The van der Waals surface area contributed by atoms with Gasteiger partial charge in [-0.25, -0.2) is 9.48 Å². The molecule has 0 atom stereocenters. The van der Waals surface area contributed by atoms with Crippen LogP contribution in [0, 0.1) is 0 Å². The average molecular weight is 298 g/mol. The molecule has 0 bridgehead atoms. The number of hydrogen-bond acceptors (Lipinski definition) is 3. The van der Waals surface area contributed by atoms with Crippen molar-refractivity contribution in [3.05, 3.63) is 54.2 Å². The lowest BCUT2D eigenvalue weighted by atomic mass is 10.1. The number of carboxylic acids is 1. The van der Waals surface area contributed by atoms with E-state index in [1.54, 1.807) is 16.9 Å². The number of carbonyl (C=O) groups is 1. The van der Waals surface area contributed by atoms with Crippen LogP contribution in [0.2, 0.25) is 0 Å². The van der Waals surface area contributed by atoms with Crippen molar-refractivity contribution in [3.8, 4) is 5.69 Å². The number of fused-ring (bicyclic) bond motifs is 1. The van der Waals surface area contributed by atoms with Gasteiger partial charge in [0.2, 0.25) is 0 Å². The number of para-hydroxylation sites is 1. The van der Waals surface area contributed by atoms with Crippen LogP contribution >= 0.6 is 11.8 Å². The maximum atomic E-state index is 11.7. The molecule has 1 heterocycles. The topological polar surface area (TPSA) is 55.1 Å². The Balaban J connectivity index is 2.27. The second-order valence-electron chi connectivity index (χ2n) is 4.50. The molecule has 106 valence electrons. The summed E-state index contributed by atoms with van der Waals surface area (Å²) < 4.78 is 1.69. The van der Waals surface area contributed by atoms with Gasteiger partial charge in [-0.15, -0.1) is 11.8 Å². The summed E-state index contributed by atoms with van der Waals surface area (Å²) in [6, 6.07) is 13.3. The van der Waals surface area contributed by atoms with Crippen molar-refractivity contribution in [2.45, 2.75) is 11.8 Å². The number of benzene rings is 2. The second-order valence-corrected chi connectivity index (χ2v) is 5.81. The van der Waals surface area contributed by atoms with Gasteiger partial charge in [-0.2, -0.15) is 5.10 Å². The quantitative estimate of drug-likeness (QED) is 0.744. The first-order chi connectivity index (χ1) is 10.2. The van der Waals surface area contributed by atoms with Crippen LogP contribution in [0.15, 0.2) is 53.6 Å². The van der Waals surface area contributed by atoms with Crippen molar-refractivity contribution in [1.29, 1.82) is 0 Å². The molecule has 0 spiro atoms. The number of nitrogens with zero attached hydrogens (tertiary/aromatic N) is 2. The first-order valence-electron chi connectivity index (χ1n) is 6.64. The molecule has 0 amide bonds. The fourth-order valence-electron chi connectivity index (χ4n) is 2.35. The maximum absolute atomic E-state index is 11.7. The molecule has 0 saturated carbocycles. The number of thioether (sulfide) groups is 1. The third kappa shape index (κ3) is 2.40. The molecule has 4 nitrogen and oxygen atoms in total. The highest BCUT2D eigenvalue weighted by Crippen LogP contribution is 2.29. The molecule has 0 radical (unpaired) electrons. The van der Waals surface area contributed by atoms with Crippen LogP contribution in [0.5, 0.6) is 0 Å². The Morgan fingerprint density at radius 1 is 1.24 bits per heavy atom. The predicted octanol–water partition coefficient (Wildman–Crippen LogP) is 3.84. The first-order valence-corrected chi connectivity index (χ1v) is 7.63. The molecular formula is C16H14N2O2S. The third-order valence-electron chi connectivity index (χ3n) is 3.22. The first kappa shape index (κ1) is 13.7. The van der Waals surface area contributed by atoms with Gasteiger partial charge in [0.25, 0.3) is 0 Å². The Bertz CT molecular complexity index is 811. The van der Waals surface area contributed by atoms with Gasteiger partial charge in [-0.1, -0.05) is 31.2 Å². The van der Waals surface area contributed by atoms with E-state index in [0.29, 0.717) is 11.3 Å². The molecule has 0 saturated heterocycles. The van der Waals surface area contributed by atoms with Crippen molar-refractivity contribution in [2.75, 3.05) is 5.75 Å². The fraction of sp³-hybridized carbons (Fsp3) is 0.125. The number of aromatic nitrogens is 2. The van der Waals surface area contributed by atoms with Crippen LogP contribution in [-0.2, 0) is 0 Å². The van der Waals surface area contributed by atoms with Gasteiger partial charge in [0, 0.05) is 10.3 Å². The van der Waals surface area contributed by atoms with E-state index in [2.05, 4.69) is 5.10 Å². The van der Waals surface area contributed by atoms with Gasteiger partial charge in [0.15, 0.2) is 0 Å². The summed E-state index contributed by atoms with van der Waals surface area (Å²) in [7, 11) is 0. The molecule has 0 aliphatic heterocycles. The van der Waals surface area contributed by atoms with Gasteiger partial charge < -0.3 is 5.11 Å². The van der Waals surface area contributed by atoms with Crippen molar-refractivity contribution in [2.24, 2.45) is 0 Å². The molecule has 0 fully saturated rings. The standard InChI is InChI=1S/C16H14N2O2S/c1-2-21-14-9-5-8-13(15(14)16(19)20)18-12-7-4-3-6-11(12)10-17-18/h3-10H,2H2,1H3,(H,19,20). The molecule has 2 aromatic carbocycles. The van der Waals surface area contributed by atoms with E-state index in [4.69, 9.17) is 0 Å². The number of carboxylic acid groups (broad SMARTS) is 1. The lowest BCUT2D eigenvalue weighted by Gasteiger charge is -2.11. The van der Waals surface area contributed by atoms with Crippen molar-refractivity contribution in [1.82, 2.24) is 9.78 Å². The molecule has 1 N–H and O–H groups in total. The monoisotopic (exact) mass is 298 g/mol. The molecule has 21 heavy (non-hydrogen) atoms. The molecule has 3 rings (SSSR count). The number of hydrogen-bond donors (Lipinski definition) is 1. The van der Waals surface area contributed by atoms with E-state index in [-0.39, 0.29) is 0 Å². The van der Waals surface area contributed by atoms with Crippen molar-refractivity contribution in [3.63, 3.8) is 0 Å². The smallest absolute Gasteiger partial charge is 0.339 e. The Kier molecular flexibility index (Phi) is 3.66. The Morgan fingerprint density at radius 2 is 2.05 bits per heavy atom. The minimum absolute atomic E-state index is 0.304. The largest absolute Gasteiger partial charge is 0.478 e. The summed E-state index contributed by atoms with van der Waals surface area (Å²) in [5, 5.41) is 14.9. The summed E-state index contributed by atoms with van der Waals surface area (Å²) in [6.45, 7) is 2.01. The lowest BCUT2D eigenvalue weighted by molar-refractivity contribution is 0.0693. The van der Waals surface area contributed by atoms with Crippen LogP contribution in [0.4, 0.5) is 0 Å². The highest BCUT2D eigenvalue weighted by Gasteiger charge is 2.18. The predicted molar refractivity (Wildman–Crippen MR) is 84.4 cm³/mol. The van der Waals surface area contributed by atoms with Crippen molar-refractivity contribution >= 4 is 28.6 Å². The summed E-state index contributed by atoms with van der Waals surface area (Å²) in [5.41, 5.74) is 1.80. The molecular weight excluding hydrogens is 284 g/mol. The Hall–Kier alpha value is -2.27. The number of rotatable bonds is 4. The molecule has 0 aliphatic rings. The summed E-state index contributed by atoms with van der Waals surface area (Å²) in [6.07, 6.45) is 1.75. The van der Waals surface area contributed by atoms with Gasteiger partial charge >= 0.3 is 5.97 Å². The van der Waals surface area contributed by atoms with Crippen LogP contribution in [0.3, 0.4) is 0 Å². The normalized spacial score (nSPS) is 10.9. The Labute approximate surface area is 126 Å². The zero-order valence-electron chi connectivity index (χ0n) is 11.5. The second kappa shape index (κ2) is 5.61. The molecule has 0 aliphatic carbocycles. The van der Waals surface area contributed by atoms with Crippen LogP contribution < -0.4 is 0 Å². The summed E-state index contributed by atoms with van der Waals surface area (Å²) in [5.74, 6) is -0.107. The van der Waals surface area contributed by atoms with E-state index in [1.807, 2.05) is 43.3 Å². The zero-order chi connectivity index (χ0) is 14.8. The minimum atomic E-state index is -0.930. The van der Waals surface area contributed by atoms with Crippen molar-refractivity contribution < 1.29 is 9.90 Å². The summed E-state index contributed by atoms with van der Waals surface area (Å²) in [4.78, 5) is 12.5. The minimum Gasteiger partial charge on any atom is -0.478 e. The SMILES string of the molecule is CCSc1cccc(-n2ncc3ccccc32)c1C(=O)O. The van der Waals surface area contributed by atoms with E-state index >= 15 is 0 Å². The van der Waals surface area contributed by atoms with E-state index in [1.165, 1.54) is 11.8 Å². The number of aromatic carboxylic acids is 1. The van der Waals surface area contributed by atoms with Gasteiger partial charge in [-0.3, -0.25) is 0 Å². The third-order valence-corrected chi connectivity index (χ3v) is 4.16.